The van der Waals surface area contributed by atoms with Crippen LogP contribution in [-0.4, -0.2) is 11.6 Å². The molecule has 0 spiro atoms. The fraction of sp³-hybridized carbons (Fsp3) is 0.0476. The second kappa shape index (κ2) is 7.85. The monoisotopic (exact) mass is 302 g/mol. The van der Waals surface area contributed by atoms with Crippen molar-refractivity contribution in [1.82, 2.24) is 0 Å². The molecular formula is C21H18O2. The summed E-state index contributed by atoms with van der Waals surface area (Å²) in [5.41, 5.74) is 2.34. The second-order valence-corrected chi connectivity index (χ2v) is 4.94. The van der Waals surface area contributed by atoms with Gasteiger partial charge < -0.3 is 0 Å². The zero-order valence-electron chi connectivity index (χ0n) is 13.0. The lowest BCUT2D eigenvalue weighted by molar-refractivity contribution is 0.102. The van der Waals surface area contributed by atoms with Gasteiger partial charge in [-0.15, -0.1) is 0 Å². The Balaban J connectivity index is 2.22. The van der Waals surface area contributed by atoms with E-state index in [9.17, 15) is 9.59 Å². The third-order valence-corrected chi connectivity index (χ3v) is 3.43. The van der Waals surface area contributed by atoms with E-state index in [-0.39, 0.29) is 11.6 Å². The average Bonchev–Trinajstić information content (AvgIpc) is 2.62. The first-order chi connectivity index (χ1) is 11.2. The highest BCUT2D eigenvalue weighted by atomic mass is 16.1. The van der Waals surface area contributed by atoms with Gasteiger partial charge >= 0.3 is 0 Å². The summed E-state index contributed by atoms with van der Waals surface area (Å²) in [5.74, 6) is -0.133. The predicted octanol–water partition coefficient (Wildman–Crippen LogP) is 4.79. The molecule has 0 radical (unpaired) electrons. The van der Waals surface area contributed by atoms with E-state index in [0.717, 1.165) is 0 Å². The van der Waals surface area contributed by atoms with Gasteiger partial charge in [0.1, 0.15) is 0 Å². The van der Waals surface area contributed by atoms with Gasteiger partial charge in [0.2, 0.25) is 0 Å². The Morgan fingerprint density at radius 1 is 0.870 bits per heavy atom. The van der Waals surface area contributed by atoms with Crippen LogP contribution >= 0.6 is 0 Å². The van der Waals surface area contributed by atoms with E-state index in [1.807, 2.05) is 25.1 Å². The minimum absolute atomic E-state index is 0.0533. The summed E-state index contributed by atoms with van der Waals surface area (Å²) in [4.78, 5) is 24.7. The highest BCUT2D eigenvalue weighted by molar-refractivity contribution is 6.12. The zero-order chi connectivity index (χ0) is 16.7. The Hall–Kier alpha value is -3.00. The highest BCUT2D eigenvalue weighted by Crippen LogP contribution is 2.14. The van der Waals surface area contributed by atoms with Crippen LogP contribution in [-0.2, 0) is 0 Å². The second-order valence-electron chi connectivity index (χ2n) is 4.94. The Bertz CT molecular complexity index is 763. The van der Waals surface area contributed by atoms with Crippen molar-refractivity contribution in [2.24, 2.45) is 0 Å². The fourth-order valence-electron chi connectivity index (χ4n) is 2.17. The standard InChI is InChI=1S/C21H18O2/c1-3-5-9-16(4-2)20(22)18-12-14-19(15-13-18)21(23)17-10-7-6-8-11-17/h3-15H,1H2,2H3/b9-5-,16-4+. The van der Waals surface area contributed by atoms with Crippen LogP contribution in [0.1, 0.15) is 33.2 Å². The number of carbonyl (C=O) groups excluding carboxylic acids is 2. The molecule has 0 aliphatic carbocycles. The number of ketones is 2. The van der Waals surface area contributed by atoms with E-state index in [4.69, 9.17) is 0 Å². The molecule has 0 heterocycles. The lowest BCUT2D eigenvalue weighted by Gasteiger charge is -2.04. The Morgan fingerprint density at radius 2 is 1.43 bits per heavy atom. The number of benzene rings is 2. The molecule has 0 unspecified atom stereocenters. The molecule has 0 atom stereocenters. The van der Waals surface area contributed by atoms with Crippen molar-refractivity contribution in [2.75, 3.05) is 0 Å². The maximum atomic E-state index is 12.4. The van der Waals surface area contributed by atoms with E-state index in [1.54, 1.807) is 60.7 Å². The highest BCUT2D eigenvalue weighted by Gasteiger charge is 2.12. The summed E-state index contributed by atoms with van der Waals surface area (Å²) in [7, 11) is 0. The summed E-state index contributed by atoms with van der Waals surface area (Å²) in [5, 5.41) is 0. The van der Waals surface area contributed by atoms with Crippen molar-refractivity contribution in [2.45, 2.75) is 6.92 Å². The number of hydrogen-bond acceptors (Lipinski definition) is 2. The summed E-state index contributed by atoms with van der Waals surface area (Å²) >= 11 is 0. The first-order valence-electron chi connectivity index (χ1n) is 7.37. The molecule has 0 bridgehead atoms. The number of Topliss-reactive ketones (excluding diaryl/α,β-unsaturated/α-hetero) is 1. The van der Waals surface area contributed by atoms with E-state index >= 15 is 0 Å². The van der Waals surface area contributed by atoms with Gasteiger partial charge in [-0.1, -0.05) is 85.5 Å². The van der Waals surface area contributed by atoms with Crippen LogP contribution < -0.4 is 0 Å². The predicted molar refractivity (Wildman–Crippen MR) is 93.7 cm³/mol. The van der Waals surface area contributed by atoms with Gasteiger partial charge in [0.25, 0.3) is 0 Å². The number of allylic oxidation sites excluding steroid dienone is 5. The molecule has 0 N–H and O–H groups in total. The van der Waals surface area contributed by atoms with Crippen molar-refractivity contribution >= 4 is 11.6 Å². The van der Waals surface area contributed by atoms with Gasteiger partial charge in [-0.2, -0.15) is 0 Å². The van der Waals surface area contributed by atoms with Gasteiger partial charge in [-0.25, -0.2) is 0 Å². The normalized spacial score (nSPS) is 11.4. The summed E-state index contributed by atoms with van der Waals surface area (Å²) < 4.78 is 0. The molecular weight excluding hydrogens is 284 g/mol. The number of rotatable bonds is 6. The first kappa shape index (κ1) is 16.4. The van der Waals surface area contributed by atoms with E-state index in [1.165, 1.54) is 0 Å². The van der Waals surface area contributed by atoms with Crippen molar-refractivity contribution in [3.8, 4) is 0 Å². The largest absolute Gasteiger partial charge is 0.289 e. The minimum atomic E-state index is -0.0793. The Labute approximate surface area is 136 Å². The van der Waals surface area contributed by atoms with E-state index < -0.39 is 0 Å². The molecule has 0 fully saturated rings. The third-order valence-electron chi connectivity index (χ3n) is 3.43. The first-order valence-corrected chi connectivity index (χ1v) is 7.37. The van der Waals surface area contributed by atoms with Gasteiger partial charge in [0.15, 0.2) is 11.6 Å². The van der Waals surface area contributed by atoms with Crippen LogP contribution in [0, 0.1) is 0 Å². The van der Waals surface area contributed by atoms with Crippen LogP contribution in [0.3, 0.4) is 0 Å². The Kier molecular flexibility index (Phi) is 5.59. The van der Waals surface area contributed by atoms with E-state index in [0.29, 0.717) is 22.3 Å². The molecule has 2 aromatic rings. The summed E-state index contributed by atoms with van der Waals surface area (Å²) in [6, 6.07) is 15.8. The zero-order valence-corrected chi connectivity index (χ0v) is 13.0. The van der Waals surface area contributed by atoms with Gasteiger partial charge in [0.05, 0.1) is 0 Å². The molecule has 0 saturated carbocycles. The summed E-state index contributed by atoms with van der Waals surface area (Å²) in [6.07, 6.45) is 6.82. The quantitative estimate of drug-likeness (QED) is 0.437. The molecule has 2 aromatic carbocycles. The van der Waals surface area contributed by atoms with Crippen molar-refractivity contribution in [1.29, 1.82) is 0 Å². The molecule has 2 rings (SSSR count). The molecule has 23 heavy (non-hydrogen) atoms. The number of carbonyl (C=O) groups is 2. The Morgan fingerprint density at radius 3 is 2.00 bits per heavy atom. The smallest absolute Gasteiger partial charge is 0.193 e. The maximum absolute atomic E-state index is 12.4. The van der Waals surface area contributed by atoms with Crippen LogP contribution in [0.5, 0.6) is 0 Å². The maximum Gasteiger partial charge on any atom is 0.193 e. The minimum Gasteiger partial charge on any atom is -0.289 e. The van der Waals surface area contributed by atoms with Crippen molar-refractivity contribution in [3.05, 3.63) is 108 Å². The summed E-state index contributed by atoms with van der Waals surface area (Å²) in [6.45, 7) is 5.41. The number of hydrogen-bond donors (Lipinski definition) is 0. The van der Waals surface area contributed by atoms with Crippen molar-refractivity contribution < 1.29 is 9.59 Å². The molecule has 2 heteroatoms. The molecule has 0 aliphatic rings. The van der Waals surface area contributed by atoms with Crippen molar-refractivity contribution in [3.63, 3.8) is 0 Å². The van der Waals surface area contributed by atoms with Crippen LogP contribution in [0.2, 0.25) is 0 Å². The average molecular weight is 302 g/mol. The molecule has 0 saturated heterocycles. The molecule has 0 aromatic heterocycles. The van der Waals surface area contributed by atoms with Crippen LogP contribution in [0.15, 0.2) is 91.1 Å². The SMILES string of the molecule is C=C/C=C\C(=C/C)C(=O)c1ccc(C(=O)c2ccccc2)cc1. The van der Waals surface area contributed by atoms with Gasteiger partial charge in [-0.05, 0) is 6.92 Å². The molecule has 2 nitrogen and oxygen atoms in total. The van der Waals surface area contributed by atoms with Gasteiger partial charge in [-0.3, -0.25) is 9.59 Å². The van der Waals surface area contributed by atoms with E-state index in [2.05, 4.69) is 6.58 Å². The lowest BCUT2D eigenvalue weighted by Crippen LogP contribution is -2.04. The molecule has 114 valence electrons. The lowest BCUT2D eigenvalue weighted by atomic mass is 9.98. The van der Waals surface area contributed by atoms with Crippen LogP contribution in [0.4, 0.5) is 0 Å². The van der Waals surface area contributed by atoms with Crippen LogP contribution in [0.25, 0.3) is 0 Å². The molecule has 0 aliphatic heterocycles. The topological polar surface area (TPSA) is 34.1 Å². The fourth-order valence-corrected chi connectivity index (χ4v) is 2.17. The van der Waals surface area contributed by atoms with Gasteiger partial charge in [0, 0.05) is 22.3 Å². The third kappa shape index (κ3) is 4.01. The molecule has 0 amide bonds.